The maximum Gasteiger partial charge on any atom is 0.243 e. The number of carbonyl (C=O) groups excluding carboxylic acids is 3. The van der Waals surface area contributed by atoms with Crippen LogP contribution in [0.2, 0.25) is 5.02 Å². The van der Waals surface area contributed by atoms with Crippen LogP contribution in [0.15, 0.2) is 66.7 Å². The first-order valence-electron chi connectivity index (χ1n) is 12.3. The molecule has 3 aromatic carbocycles. The van der Waals surface area contributed by atoms with E-state index in [0.29, 0.717) is 18.0 Å². The van der Waals surface area contributed by atoms with E-state index in [9.17, 15) is 14.4 Å². The molecule has 3 aromatic rings. The highest BCUT2D eigenvalue weighted by Gasteiger charge is 2.28. The summed E-state index contributed by atoms with van der Waals surface area (Å²) < 4.78 is 0. The minimum Gasteiger partial charge on any atom is -0.354 e. The number of hydrogen-bond donors (Lipinski definition) is 1. The van der Waals surface area contributed by atoms with Crippen molar-refractivity contribution >= 4 is 29.3 Å². The predicted octanol–water partition coefficient (Wildman–Crippen LogP) is 4.58. The smallest absolute Gasteiger partial charge is 0.243 e. The molecule has 1 heterocycles. The van der Waals surface area contributed by atoms with Gasteiger partial charge in [0.25, 0.3) is 0 Å². The molecule has 1 fully saturated rings. The Bertz CT molecular complexity index is 1220. The summed E-state index contributed by atoms with van der Waals surface area (Å²) in [5.74, 6) is -0.636. The minimum absolute atomic E-state index is 0.0247. The Morgan fingerprint density at radius 1 is 0.811 bits per heavy atom. The van der Waals surface area contributed by atoms with Gasteiger partial charge in [0, 0.05) is 18.6 Å². The van der Waals surface area contributed by atoms with E-state index >= 15 is 0 Å². The molecule has 7 heteroatoms. The molecule has 4 rings (SSSR count). The van der Waals surface area contributed by atoms with Gasteiger partial charge >= 0.3 is 0 Å². The summed E-state index contributed by atoms with van der Waals surface area (Å²) in [6.45, 7) is 6.77. The van der Waals surface area contributed by atoms with Crippen LogP contribution in [0.5, 0.6) is 0 Å². The first-order chi connectivity index (χ1) is 17.6. The summed E-state index contributed by atoms with van der Waals surface area (Å²) in [5.41, 5.74) is 7.63. The number of benzene rings is 3. The van der Waals surface area contributed by atoms with Crippen LogP contribution in [0.25, 0.3) is 11.1 Å². The van der Waals surface area contributed by atoms with Crippen molar-refractivity contribution in [3.05, 3.63) is 94.0 Å². The van der Waals surface area contributed by atoms with E-state index in [1.54, 1.807) is 19.2 Å². The Morgan fingerprint density at radius 3 is 2.05 bits per heavy atom. The second-order valence-electron chi connectivity index (χ2n) is 9.47. The molecule has 0 aliphatic carbocycles. The van der Waals surface area contributed by atoms with Gasteiger partial charge in [-0.3, -0.25) is 14.4 Å². The molecular formula is C30H34ClN3O3. The fourth-order valence-corrected chi connectivity index (χ4v) is 4.15. The standard InChI is InChI=1S/C15H18ClN3O3.C15H16/c1-18-9-15(22)19(10-14(18)21)8-13(20)17-7-6-11-2-4-12(16)5-3-11;1-11-4-6-14(7-5-11)15-9-12(2)8-13(3)10-15/h2-5H,6-10H2,1H3,(H,17,20);4-10H,1-3H3. The van der Waals surface area contributed by atoms with Gasteiger partial charge in [-0.1, -0.05) is 82.9 Å². The van der Waals surface area contributed by atoms with Crippen molar-refractivity contribution < 1.29 is 14.4 Å². The zero-order valence-corrected chi connectivity index (χ0v) is 22.6. The van der Waals surface area contributed by atoms with Crippen LogP contribution in [-0.2, 0) is 20.8 Å². The highest BCUT2D eigenvalue weighted by molar-refractivity contribution is 6.30. The quantitative estimate of drug-likeness (QED) is 0.518. The lowest BCUT2D eigenvalue weighted by atomic mass is 10.00. The van der Waals surface area contributed by atoms with Crippen LogP contribution >= 0.6 is 11.6 Å². The van der Waals surface area contributed by atoms with Crippen LogP contribution in [0.1, 0.15) is 22.3 Å². The maximum atomic E-state index is 11.8. The number of amides is 3. The van der Waals surface area contributed by atoms with Crippen LogP contribution in [0, 0.1) is 20.8 Å². The second kappa shape index (κ2) is 13.1. The van der Waals surface area contributed by atoms with Gasteiger partial charge in [0.05, 0.1) is 6.54 Å². The van der Waals surface area contributed by atoms with Gasteiger partial charge in [-0.05, 0) is 56.0 Å². The first kappa shape index (κ1) is 27.9. The van der Waals surface area contributed by atoms with Crippen molar-refractivity contribution in [1.82, 2.24) is 15.1 Å². The van der Waals surface area contributed by atoms with Crippen molar-refractivity contribution in [1.29, 1.82) is 0 Å². The molecule has 0 atom stereocenters. The molecule has 1 aliphatic heterocycles. The predicted molar refractivity (Wildman–Crippen MR) is 148 cm³/mol. The van der Waals surface area contributed by atoms with E-state index < -0.39 is 0 Å². The largest absolute Gasteiger partial charge is 0.354 e. The number of piperazine rings is 1. The normalized spacial score (nSPS) is 13.2. The molecule has 3 amide bonds. The number of hydrogen-bond acceptors (Lipinski definition) is 3. The lowest BCUT2D eigenvalue weighted by molar-refractivity contribution is -0.150. The molecule has 0 bridgehead atoms. The fourth-order valence-electron chi connectivity index (χ4n) is 4.02. The number of aryl methyl sites for hydroxylation is 3. The van der Waals surface area contributed by atoms with Crippen LogP contribution in [0.3, 0.4) is 0 Å². The van der Waals surface area contributed by atoms with Crippen LogP contribution in [-0.4, -0.2) is 60.7 Å². The molecule has 0 aromatic heterocycles. The van der Waals surface area contributed by atoms with Gasteiger partial charge in [0.2, 0.25) is 17.7 Å². The SMILES string of the molecule is CN1CC(=O)N(CC(=O)NCCc2ccc(Cl)cc2)CC1=O.Cc1ccc(-c2cc(C)cc(C)c2)cc1. The molecule has 0 spiro atoms. The molecule has 0 unspecified atom stereocenters. The average Bonchev–Trinajstić information content (AvgIpc) is 2.84. The molecule has 1 N–H and O–H groups in total. The number of carbonyl (C=O) groups is 3. The van der Waals surface area contributed by atoms with Crippen LogP contribution < -0.4 is 5.32 Å². The zero-order chi connectivity index (χ0) is 26.9. The van der Waals surface area contributed by atoms with Crippen molar-refractivity contribution in [2.75, 3.05) is 33.2 Å². The van der Waals surface area contributed by atoms with Crippen molar-refractivity contribution in [3.63, 3.8) is 0 Å². The van der Waals surface area contributed by atoms with Gasteiger partial charge in [0.1, 0.15) is 13.1 Å². The first-order valence-corrected chi connectivity index (χ1v) is 12.7. The molecule has 6 nitrogen and oxygen atoms in total. The van der Waals surface area contributed by atoms with Crippen LogP contribution in [0.4, 0.5) is 0 Å². The van der Waals surface area contributed by atoms with E-state index in [1.165, 1.54) is 37.6 Å². The molecular weight excluding hydrogens is 486 g/mol. The minimum atomic E-state index is -0.264. The Kier molecular flexibility index (Phi) is 9.86. The second-order valence-corrected chi connectivity index (χ2v) is 9.90. The Hall–Kier alpha value is -3.64. The number of nitrogens with one attached hydrogen (secondary N) is 1. The third-order valence-corrected chi connectivity index (χ3v) is 6.32. The average molecular weight is 520 g/mol. The van der Waals surface area contributed by atoms with E-state index in [4.69, 9.17) is 11.6 Å². The van der Waals surface area contributed by atoms with Crippen molar-refractivity contribution in [2.45, 2.75) is 27.2 Å². The summed E-state index contributed by atoms with van der Waals surface area (Å²) >= 11 is 5.80. The third-order valence-electron chi connectivity index (χ3n) is 6.07. The van der Waals surface area contributed by atoms with Gasteiger partial charge in [-0.2, -0.15) is 0 Å². The lowest BCUT2D eigenvalue weighted by Crippen LogP contribution is -2.54. The zero-order valence-electron chi connectivity index (χ0n) is 21.9. The Morgan fingerprint density at radius 2 is 1.43 bits per heavy atom. The number of rotatable bonds is 6. The number of halogens is 1. The monoisotopic (exact) mass is 519 g/mol. The lowest BCUT2D eigenvalue weighted by Gasteiger charge is -2.31. The topological polar surface area (TPSA) is 69.7 Å². The van der Waals surface area contributed by atoms with Gasteiger partial charge in [-0.25, -0.2) is 0 Å². The van der Waals surface area contributed by atoms with E-state index in [-0.39, 0.29) is 37.4 Å². The Labute approximate surface area is 224 Å². The van der Waals surface area contributed by atoms with Gasteiger partial charge < -0.3 is 15.1 Å². The number of nitrogens with zero attached hydrogens (tertiary/aromatic N) is 2. The van der Waals surface area contributed by atoms with Gasteiger partial charge in [-0.15, -0.1) is 0 Å². The molecule has 0 radical (unpaired) electrons. The summed E-state index contributed by atoms with van der Waals surface area (Å²) in [6.07, 6.45) is 0.679. The summed E-state index contributed by atoms with van der Waals surface area (Å²) in [4.78, 5) is 37.8. The maximum absolute atomic E-state index is 11.8. The fraction of sp³-hybridized carbons (Fsp3) is 0.300. The third kappa shape index (κ3) is 8.76. The van der Waals surface area contributed by atoms with E-state index in [1.807, 2.05) is 12.1 Å². The highest BCUT2D eigenvalue weighted by Crippen LogP contribution is 2.22. The molecule has 1 aliphatic rings. The van der Waals surface area contributed by atoms with E-state index in [2.05, 4.69) is 68.6 Å². The highest BCUT2D eigenvalue weighted by atomic mass is 35.5. The summed E-state index contributed by atoms with van der Waals surface area (Å²) in [5, 5.41) is 3.42. The van der Waals surface area contributed by atoms with Crippen molar-refractivity contribution in [3.8, 4) is 11.1 Å². The molecule has 0 saturated carbocycles. The Balaban J connectivity index is 0.000000220. The molecule has 194 valence electrons. The van der Waals surface area contributed by atoms with E-state index in [0.717, 1.165) is 5.56 Å². The number of likely N-dealkylation sites (N-methyl/N-ethyl adjacent to an activating group) is 1. The molecule has 37 heavy (non-hydrogen) atoms. The summed E-state index contributed by atoms with van der Waals surface area (Å²) in [7, 11) is 1.57. The van der Waals surface area contributed by atoms with Gasteiger partial charge in [0.15, 0.2) is 0 Å². The van der Waals surface area contributed by atoms with Crippen molar-refractivity contribution in [2.24, 2.45) is 0 Å². The molecule has 1 saturated heterocycles. The summed E-state index contributed by atoms with van der Waals surface area (Å²) in [6, 6.07) is 22.8.